The van der Waals surface area contributed by atoms with Crippen LogP contribution >= 0.6 is 11.6 Å². The highest BCUT2D eigenvalue weighted by molar-refractivity contribution is 6.31. The molecule has 0 saturated carbocycles. The van der Waals surface area contributed by atoms with Crippen LogP contribution in [-0.2, 0) is 14.3 Å². The highest BCUT2D eigenvalue weighted by Gasteiger charge is 2.20. The third-order valence-corrected chi connectivity index (χ3v) is 4.11. The summed E-state index contributed by atoms with van der Waals surface area (Å²) in [6, 6.07) is 22.1. The minimum Gasteiger partial charge on any atom is -0.455 e. The molecule has 0 aliphatic heterocycles. The van der Waals surface area contributed by atoms with Gasteiger partial charge in [0.25, 0.3) is 5.91 Å². The molecule has 0 heterocycles. The maximum absolute atomic E-state index is 12.2. The number of aliphatic hydroxyl groups is 1. The third kappa shape index (κ3) is 5.81. The van der Waals surface area contributed by atoms with E-state index in [2.05, 4.69) is 5.32 Å². The SMILES string of the molecule is O=C(COC(=O)[C@@H](O)c1ccccc1)Nc1cc(Cl)ccc1Oc1ccccc1. The Morgan fingerprint density at radius 1 is 0.966 bits per heavy atom. The van der Waals surface area contributed by atoms with Gasteiger partial charge in [-0.2, -0.15) is 0 Å². The van der Waals surface area contributed by atoms with Gasteiger partial charge in [0.15, 0.2) is 18.5 Å². The van der Waals surface area contributed by atoms with Gasteiger partial charge < -0.3 is 19.9 Å². The number of carbonyl (C=O) groups excluding carboxylic acids is 2. The van der Waals surface area contributed by atoms with Gasteiger partial charge in [0.05, 0.1) is 5.69 Å². The number of aliphatic hydroxyl groups excluding tert-OH is 1. The molecule has 3 rings (SSSR count). The van der Waals surface area contributed by atoms with Gasteiger partial charge in [-0.25, -0.2) is 4.79 Å². The number of amides is 1. The van der Waals surface area contributed by atoms with E-state index in [4.69, 9.17) is 21.1 Å². The van der Waals surface area contributed by atoms with Gasteiger partial charge in [-0.05, 0) is 35.9 Å². The Kier molecular flexibility index (Phi) is 6.84. The number of anilines is 1. The van der Waals surface area contributed by atoms with Crippen LogP contribution in [0.1, 0.15) is 11.7 Å². The van der Waals surface area contributed by atoms with Crippen molar-refractivity contribution in [3.05, 3.63) is 89.4 Å². The molecule has 0 aromatic heterocycles. The zero-order valence-electron chi connectivity index (χ0n) is 15.2. The molecule has 6 nitrogen and oxygen atoms in total. The van der Waals surface area contributed by atoms with Gasteiger partial charge in [0, 0.05) is 5.02 Å². The molecule has 0 spiro atoms. The highest BCUT2D eigenvalue weighted by atomic mass is 35.5. The maximum atomic E-state index is 12.2. The molecule has 0 fully saturated rings. The molecule has 0 radical (unpaired) electrons. The summed E-state index contributed by atoms with van der Waals surface area (Å²) in [6.45, 7) is -0.569. The number of para-hydroxylation sites is 1. The van der Waals surface area contributed by atoms with E-state index in [0.29, 0.717) is 27.8 Å². The number of carbonyl (C=O) groups is 2. The Morgan fingerprint density at radius 3 is 2.31 bits per heavy atom. The largest absolute Gasteiger partial charge is 0.455 e. The second-order valence-corrected chi connectivity index (χ2v) is 6.46. The van der Waals surface area contributed by atoms with Crippen LogP contribution in [-0.4, -0.2) is 23.6 Å². The maximum Gasteiger partial charge on any atom is 0.340 e. The number of hydrogen-bond acceptors (Lipinski definition) is 5. The average molecular weight is 412 g/mol. The molecular formula is C22H18ClNO5. The number of ether oxygens (including phenoxy) is 2. The van der Waals surface area contributed by atoms with Crippen molar-refractivity contribution in [3.63, 3.8) is 0 Å². The van der Waals surface area contributed by atoms with Crippen molar-refractivity contribution < 1.29 is 24.2 Å². The monoisotopic (exact) mass is 411 g/mol. The number of benzene rings is 3. The van der Waals surface area contributed by atoms with Crippen molar-refractivity contribution in [3.8, 4) is 11.5 Å². The highest BCUT2D eigenvalue weighted by Crippen LogP contribution is 2.32. The second-order valence-electron chi connectivity index (χ2n) is 6.02. The predicted molar refractivity (Wildman–Crippen MR) is 109 cm³/mol. The van der Waals surface area contributed by atoms with Crippen molar-refractivity contribution in [2.24, 2.45) is 0 Å². The smallest absolute Gasteiger partial charge is 0.340 e. The summed E-state index contributed by atoms with van der Waals surface area (Å²) >= 11 is 6.01. The molecule has 0 aliphatic carbocycles. The van der Waals surface area contributed by atoms with E-state index in [1.54, 1.807) is 54.6 Å². The molecule has 0 saturated heterocycles. The summed E-state index contributed by atoms with van der Waals surface area (Å²) in [7, 11) is 0. The Hall–Kier alpha value is -3.35. The molecule has 0 bridgehead atoms. The molecule has 7 heteroatoms. The first-order chi connectivity index (χ1) is 14.0. The fourth-order valence-corrected chi connectivity index (χ4v) is 2.65. The number of rotatable bonds is 7. The summed E-state index contributed by atoms with van der Waals surface area (Å²) in [4.78, 5) is 24.2. The molecular weight excluding hydrogens is 394 g/mol. The quantitative estimate of drug-likeness (QED) is 0.565. The molecule has 148 valence electrons. The van der Waals surface area contributed by atoms with Crippen LogP contribution in [0.25, 0.3) is 0 Å². The van der Waals surface area contributed by atoms with Gasteiger partial charge in [0.2, 0.25) is 0 Å². The lowest BCUT2D eigenvalue weighted by Crippen LogP contribution is -2.24. The van der Waals surface area contributed by atoms with E-state index in [-0.39, 0.29) is 0 Å². The van der Waals surface area contributed by atoms with Gasteiger partial charge in [-0.3, -0.25) is 4.79 Å². The van der Waals surface area contributed by atoms with E-state index >= 15 is 0 Å². The zero-order valence-corrected chi connectivity index (χ0v) is 16.0. The Labute approximate surface area is 172 Å². The molecule has 0 unspecified atom stereocenters. The lowest BCUT2D eigenvalue weighted by Gasteiger charge is -2.14. The first kappa shape index (κ1) is 20.4. The standard InChI is InChI=1S/C22H18ClNO5/c23-16-11-12-19(29-17-9-5-2-6-10-17)18(13-16)24-20(25)14-28-22(27)21(26)15-7-3-1-4-8-15/h1-13,21,26H,14H2,(H,24,25)/t21-/m0/s1. The van der Waals surface area contributed by atoms with Gasteiger partial charge in [-0.1, -0.05) is 60.1 Å². The van der Waals surface area contributed by atoms with E-state index in [1.165, 1.54) is 6.07 Å². The third-order valence-electron chi connectivity index (χ3n) is 3.87. The summed E-state index contributed by atoms with van der Waals surface area (Å²) in [5.41, 5.74) is 0.706. The van der Waals surface area contributed by atoms with Gasteiger partial charge >= 0.3 is 5.97 Å². The Morgan fingerprint density at radius 2 is 1.62 bits per heavy atom. The lowest BCUT2D eigenvalue weighted by atomic mass is 10.1. The van der Waals surface area contributed by atoms with Crippen LogP contribution in [0.15, 0.2) is 78.9 Å². The van der Waals surface area contributed by atoms with E-state index in [1.807, 2.05) is 18.2 Å². The molecule has 29 heavy (non-hydrogen) atoms. The minimum atomic E-state index is -1.47. The molecule has 3 aromatic rings. The molecule has 2 N–H and O–H groups in total. The molecule has 1 amide bonds. The van der Waals surface area contributed by atoms with Crippen molar-refractivity contribution in [1.82, 2.24) is 0 Å². The topological polar surface area (TPSA) is 84.9 Å². The van der Waals surface area contributed by atoms with Crippen LogP contribution in [0.2, 0.25) is 5.02 Å². The lowest BCUT2D eigenvalue weighted by molar-refractivity contribution is -0.156. The minimum absolute atomic E-state index is 0.325. The number of hydrogen-bond donors (Lipinski definition) is 2. The van der Waals surface area contributed by atoms with Crippen molar-refractivity contribution in [2.75, 3.05) is 11.9 Å². The summed E-state index contributed by atoms with van der Waals surface area (Å²) in [6.07, 6.45) is -1.47. The van der Waals surface area contributed by atoms with Crippen LogP contribution in [0.3, 0.4) is 0 Å². The van der Waals surface area contributed by atoms with E-state index in [9.17, 15) is 14.7 Å². The van der Waals surface area contributed by atoms with Crippen LogP contribution in [0.4, 0.5) is 5.69 Å². The Bertz CT molecular complexity index is 979. The summed E-state index contributed by atoms with van der Waals surface area (Å²) in [5.74, 6) is -0.552. The number of nitrogens with one attached hydrogen (secondary N) is 1. The first-order valence-corrected chi connectivity index (χ1v) is 9.12. The summed E-state index contributed by atoms with van der Waals surface area (Å²) < 4.78 is 10.7. The van der Waals surface area contributed by atoms with Crippen LogP contribution in [0, 0.1) is 0 Å². The molecule has 1 atom stereocenters. The number of halogens is 1. The zero-order chi connectivity index (χ0) is 20.6. The van der Waals surface area contributed by atoms with Crippen molar-refractivity contribution in [1.29, 1.82) is 0 Å². The normalized spacial score (nSPS) is 11.4. The first-order valence-electron chi connectivity index (χ1n) is 8.75. The fraction of sp³-hybridized carbons (Fsp3) is 0.0909. The van der Waals surface area contributed by atoms with Crippen molar-refractivity contribution >= 4 is 29.2 Å². The average Bonchev–Trinajstić information content (AvgIpc) is 2.75. The second kappa shape index (κ2) is 9.73. The number of esters is 1. The molecule has 3 aromatic carbocycles. The summed E-state index contributed by atoms with van der Waals surface area (Å²) in [5, 5.41) is 13.0. The Balaban J connectivity index is 1.61. The van der Waals surface area contributed by atoms with Gasteiger partial charge in [-0.15, -0.1) is 0 Å². The van der Waals surface area contributed by atoms with Gasteiger partial charge in [0.1, 0.15) is 5.75 Å². The van der Waals surface area contributed by atoms with Crippen LogP contribution in [0.5, 0.6) is 11.5 Å². The van der Waals surface area contributed by atoms with E-state index in [0.717, 1.165) is 0 Å². The van der Waals surface area contributed by atoms with Crippen molar-refractivity contribution in [2.45, 2.75) is 6.10 Å². The van der Waals surface area contributed by atoms with Crippen LogP contribution < -0.4 is 10.1 Å². The van der Waals surface area contributed by atoms with E-state index < -0.39 is 24.6 Å². The predicted octanol–water partition coefficient (Wildman–Crippen LogP) is 4.35. The fourth-order valence-electron chi connectivity index (χ4n) is 2.48. The molecule has 0 aliphatic rings.